The van der Waals surface area contributed by atoms with Gasteiger partial charge in [0.25, 0.3) is 0 Å². The van der Waals surface area contributed by atoms with Crippen LogP contribution in [-0.2, 0) is 0 Å². The van der Waals surface area contributed by atoms with E-state index in [0.29, 0.717) is 16.9 Å². The first kappa shape index (κ1) is 14.7. The maximum atomic E-state index is 9.48. The fraction of sp³-hybridized carbons (Fsp3) is 0.176. The van der Waals surface area contributed by atoms with Gasteiger partial charge < -0.3 is 0 Å². The first-order valence-electron chi connectivity index (χ1n) is 7.20. The molecule has 3 rings (SSSR count). The number of nitriles is 1. The number of aryl methyl sites for hydroxylation is 2. The minimum atomic E-state index is 0.0708. The van der Waals surface area contributed by atoms with Gasteiger partial charge in [0.05, 0.1) is 11.4 Å². The first-order valence-corrected chi connectivity index (χ1v) is 7.20. The molecular weight excluding hydrogens is 288 g/mol. The van der Waals surface area contributed by atoms with Crippen LogP contribution in [0.1, 0.15) is 22.5 Å². The van der Waals surface area contributed by atoms with Crippen LogP contribution in [0, 0.1) is 37.5 Å². The van der Waals surface area contributed by atoms with Crippen molar-refractivity contribution in [2.24, 2.45) is 0 Å². The molecule has 0 atom stereocenters. The van der Waals surface area contributed by atoms with Gasteiger partial charge in [-0.3, -0.25) is 5.41 Å². The second kappa shape index (κ2) is 5.54. The Bertz CT molecular complexity index is 973. The van der Waals surface area contributed by atoms with Crippen molar-refractivity contribution in [2.45, 2.75) is 20.8 Å². The molecule has 114 valence electrons. The lowest BCUT2D eigenvalue weighted by Crippen LogP contribution is -2.27. The van der Waals surface area contributed by atoms with Gasteiger partial charge >= 0.3 is 0 Å². The summed E-state index contributed by atoms with van der Waals surface area (Å²) in [4.78, 5) is 0. The summed E-state index contributed by atoms with van der Waals surface area (Å²) in [6, 6.07) is 13.4. The summed E-state index contributed by atoms with van der Waals surface area (Å²) in [6.07, 6.45) is 0. The number of nitrogens with one attached hydrogen (secondary N) is 1. The molecule has 0 fully saturated rings. The zero-order valence-corrected chi connectivity index (χ0v) is 13.2. The van der Waals surface area contributed by atoms with Gasteiger partial charge in [-0.05, 0) is 39.0 Å². The summed E-state index contributed by atoms with van der Waals surface area (Å²) in [5.41, 5.74) is 3.56. The van der Waals surface area contributed by atoms with Gasteiger partial charge in [0.2, 0.25) is 0 Å². The number of aromatic nitrogens is 4. The molecule has 0 aliphatic carbocycles. The van der Waals surface area contributed by atoms with Crippen LogP contribution in [0.3, 0.4) is 0 Å². The monoisotopic (exact) mass is 304 g/mol. The topological polar surface area (TPSA) is 83.3 Å². The third-order valence-corrected chi connectivity index (χ3v) is 3.68. The molecule has 23 heavy (non-hydrogen) atoms. The summed E-state index contributed by atoms with van der Waals surface area (Å²) < 4.78 is 3.18. The van der Waals surface area contributed by atoms with Crippen LogP contribution in [-0.4, -0.2) is 19.6 Å². The van der Waals surface area contributed by atoms with E-state index in [1.54, 1.807) is 11.6 Å². The Hall–Kier alpha value is -3.20. The van der Waals surface area contributed by atoms with Crippen LogP contribution in [0.15, 0.2) is 36.4 Å². The van der Waals surface area contributed by atoms with Crippen molar-refractivity contribution in [2.75, 3.05) is 0 Å². The highest BCUT2D eigenvalue weighted by atomic mass is 15.4. The Morgan fingerprint density at radius 2 is 1.74 bits per heavy atom. The largest absolute Gasteiger partial charge is 0.282 e. The van der Waals surface area contributed by atoms with E-state index in [2.05, 4.69) is 16.3 Å². The summed E-state index contributed by atoms with van der Waals surface area (Å²) in [5, 5.41) is 26.8. The van der Waals surface area contributed by atoms with Crippen molar-refractivity contribution in [1.29, 1.82) is 10.7 Å². The lowest BCUT2D eigenvalue weighted by Gasteiger charge is -2.13. The molecule has 6 nitrogen and oxygen atoms in total. The van der Waals surface area contributed by atoms with Crippen LogP contribution in [0.25, 0.3) is 11.5 Å². The van der Waals surface area contributed by atoms with Gasteiger partial charge in [-0.15, -0.1) is 5.10 Å². The number of nitrogens with zero attached hydrogens (tertiary/aromatic N) is 5. The van der Waals surface area contributed by atoms with Gasteiger partial charge in [-0.2, -0.15) is 10.4 Å². The molecule has 0 saturated heterocycles. The molecule has 0 bridgehead atoms. The zero-order chi connectivity index (χ0) is 16.6. The van der Waals surface area contributed by atoms with Crippen molar-refractivity contribution in [3.63, 3.8) is 0 Å². The summed E-state index contributed by atoms with van der Waals surface area (Å²) >= 11 is 0. The van der Waals surface area contributed by atoms with E-state index in [4.69, 9.17) is 5.41 Å². The molecule has 6 heteroatoms. The lowest BCUT2D eigenvalue weighted by molar-refractivity contribution is 0.698. The highest BCUT2D eigenvalue weighted by Gasteiger charge is 2.16. The fourth-order valence-corrected chi connectivity index (χ4v) is 2.55. The standard InChI is InChI=1S/C17H16N6/c1-11-9-12(2)22(20-11)17-13(3)15(10-18)16(19)23(21-17)14-7-5-4-6-8-14/h4-9,19H,1-3H3. The Kier molecular flexibility index (Phi) is 3.54. The van der Waals surface area contributed by atoms with Crippen molar-refractivity contribution in [1.82, 2.24) is 19.6 Å². The van der Waals surface area contributed by atoms with E-state index in [9.17, 15) is 5.26 Å². The molecule has 0 aliphatic rings. The second-order valence-electron chi connectivity index (χ2n) is 5.37. The highest BCUT2D eigenvalue weighted by Crippen LogP contribution is 2.16. The molecule has 3 aromatic rings. The average molecular weight is 304 g/mol. The Morgan fingerprint density at radius 3 is 2.30 bits per heavy atom. The van der Waals surface area contributed by atoms with Crippen molar-refractivity contribution < 1.29 is 0 Å². The van der Waals surface area contributed by atoms with Crippen LogP contribution >= 0.6 is 0 Å². The third kappa shape index (κ3) is 2.42. The van der Waals surface area contributed by atoms with E-state index >= 15 is 0 Å². The van der Waals surface area contributed by atoms with Gasteiger partial charge in [-0.25, -0.2) is 9.36 Å². The second-order valence-corrected chi connectivity index (χ2v) is 5.37. The van der Waals surface area contributed by atoms with E-state index < -0.39 is 0 Å². The Balaban J connectivity index is 2.36. The van der Waals surface area contributed by atoms with Crippen molar-refractivity contribution in [3.8, 4) is 17.6 Å². The predicted octanol–water partition coefficient (Wildman–Crippen LogP) is 2.33. The SMILES string of the molecule is Cc1cc(C)n(-c2nn(-c3ccccc3)c(=N)c(C#N)c2C)n1. The number of rotatable bonds is 2. The minimum absolute atomic E-state index is 0.0708. The highest BCUT2D eigenvalue weighted by molar-refractivity contribution is 5.46. The predicted molar refractivity (Wildman–Crippen MR) is 85.5 cm³/mol. The average Bonchev–Trinajstić information content (AvgIpc) is 2.87. The van der Waals surface area contributed by atoms with E-state index in [-0.39, 0.29) is 5.49 Å². The van der Waals surface area contributed by atoms with Gasteiger partial charge in [0.15, 0.2) is 11.3 Å². The summed E-state index contributed by atoms with van der Waals surface area (Å²) in [7, 11) is 0. The molecule has 0 saturated carbocycles. The Morgan fingerprint density at radius 1 is 1.04 bits per heavy atom. The minimum Gasteiger partial charge on any atom is -0.282 e. The number of benzene rings is 1. The number of hydrogen-bond acceptors (Lipinski definition) is 4. The summed E-state index contributed by atoms with van der Waals surface area (Å²) in [5.74, 6) is 0.562. The van der Waals surface area contributed by atoms with Crippen LogP contribution in [0.4, 0.5) is 0 Å². The fourth-order valence-electron chi connectivity index (χ4n) is 2.55. The van der Waals surface area contributed by atoms with Gasteiger partial charge in [0.1, 0.15) is 11.6 Å². The maximum absolute atomic E-state index is 9.48. The van der Waals surface area contributed by atoms with E-state index in [0.717, 1.165) is 17.1 Å². The maximum Gasteiger partial charge on any atom is 0.178 e. The van der Waals surface area contributed by atoms with Crippen LogP contribution in [0.2, 0.25) is 0 Å². The van der Waals surface area contributed by atoms with Crippen LogP contribution < -0.4 is 5.49 Å². The molecule has 1 aromatic carbocycles. The normalized spacial score (nSPS) is 10.5. The molecular formula is C17H16N6. The molecule has 1 N–H and O–H groups in total. The smallest absolute Gasteiger partial charge is 0.178 e. The van der Waals surface area contributed by atoms with E-state index in [1.165, 1.54) is 4.68 Å². The number of para-hydroxylation sites is 1. The lowest BCUT2D eigenvalue weighted by atomic mass is 10.1. The molecule has 0 aliphatic heterocycles. The summed E-state index contributed by atoms with van der Waals surface area (Å²) in [6.45, 7) is 5.65. The molecule has 0 radical (unpaired) electrons. The molecule has 0 spiro atoms. The van der Waals surface area contributed by atoms with Gasteiger partial charge in [0, 0.05) is 11.3 Å². The van der Waals surface area contributed by atoms with Gasteiger partial charge in [-0.1, -0.05) is 18.2 Å². The third-order valence-electron chi connectivity index (χ3n) is 3.68. The first-order chi connectivity index (χ1) is 11.0. The quantitative estimate of drug-likeness (QED) is 0.788. The molecule has 2 aromatic heterocycles. The molecule has 0 unspecified atom stereocenters. The molecule has 0 amide bonds. The molecule has 2 heterocycles. The Labute approximate surface area is 133 Å². The number of hydrogen-bond donors (Lipinski definition) is 1. The zero-order valence-electron chi connectivity index (χ0n) is 13.2. The van der Waals surface area contributed by atoms with Crippen molar-refractivity contribution >= 4 is 0 Å². The van der Waals surface area contributed by atoms with Crippen molar-refractivity contribution in [3.05, 3.63) is 64.4 Å². The van der Waals surface area contributed by atoms with Crippen LogP contribution in [0.5, 0.6) is 0 Å². The van der Waals surface area contributed by atoms with E-state index in [1.807, 2.05) is 50.2 Å².